The van der Waals surface area contributed by atoms with Gasteiger partial charge < -0.3 is 25.5 Å². The Morgan fingerprint density at radius 1 is 1.31 bits per heavy atom. The van der Waals surface area contributed by atoms with E-state index in [1.54, 1.807) is 4.90 Å². The van der Waals surface area contributed by atoms with Crippen molar-refractivity contribution in [2.24, 2.45) is 32.4 Å². The van der Waals surface area contributed by atoms with Gasteiger partial charge in [0.1, 0.15) is 22.5 Å². The van der Waals surface area contributed by atoms with Crippen LogP contribution in [-0.4, -0.2) is 103 Å². The van der Waals surface area contributed by atoms with E-state index in [2.05, 4.69) is 25.0 Å². The van der Waals surface area contributed by atoms with Crippen molar-refractivity contribution in [3.63, 3.8) is 0 Å². The van der Waals surface area contributed by atoms with E-state index in [9.17, 15) is 27.9 Å². The number of nitrogens with two attached hydrogens (primary N) is 1. The summed E-state index contributed by atoms with van der Waals surface area (Å²) in [6.45, 7) is 5.18. The first-order valence-corrected chi connectivity index (χ1v) is 18.2. The number of aliphatic imine (C=N–C) groups is 1. The second kappa shape index (κ2) is 16.4. The summed E-state index contributed by atoms with van der Waals surface area (Å²) in [7, 11) is 0. The number of alkyl halides is 3. The lowest BCUT2D eigenvalue weighted by Crippen LogP contribution is -2.45. The Balaban J connectivity index is 1.17. The molecule has 2 fully saturated rings. The number of carbonyl (C=O) groups excluding carboxylic acids is 2. The van der Waals surface area contributed by atoms with Crippen molar-refractivity contribution in [3.05, 3.63) is 35.1 Å². The highest BCUT2D eigenvalue weighted by Gasteiger charge is 2.62. The lowest BCUT2D eigenvalue weighted by atomic mass is 9.93. The number of pyridine rings is 1. The molecule has 4 heterocycles. The van der Waals surface area contributed by atoms with Crippen LogP contribution in [0, 0.1) is 16.9 Å². The molecule has 2 amide bonds. The normalized spacial score (nSPS) is 22.4. The Morgan fingerprint density at radius 3 is 2.71 bits per heavy atom. The van der Waals surface area contributed by atoms with Crippen LogP contribution >= 0.6 is 23.5 Å². The number of hydrogen-bond acceptors (Lipinski definition) is 12. The number of hydrogen-bond donors (Lipinski definition) is 4. The predicted molar refractivity (Wildman–Crippen MR) is 188 cm³/mol. The number of aliphatic hydroxyl groups is 1. The van der Waals surface area contributed by atoms with Crippen LogP contribution in [0.2, 0.25) is 5.15 Å². The van der Waals surface area contributed by atoms with Gasteiger partial charge in [0, 0.05) is 30.9 Å². The number of ether oxygens (including phenoxy) is 1. The van der Waals surface area contributed by atoms with Gasteiger partial charge in [-0.3, -0.25) is 19.3 Å². The second-order valence-electron chi connectivity index (χ2n) is 13.9. The molecular weight excluding hydrogens is 727 g/mol. The third-order valence-corrected chi connectivity index (χ3v) is 11.0. The van der Waals surface area contributed by atoms with Crippen molar-refractivity contribution < 1.29 is 32.6 Å². The quantitative estimate of drug-likeness (QED) is 0.0283. The zero-order chi connectivity index (χ0) is 37.7. The van der Waals surface area contributed by atoms with E-state index in [0.29, 0.717) is 37.7 Å². The van der Waals surface area contributed by atoms with Crippen molar-refractivity contribution in [3.8, 4) is 11.7 Å². The maximum Gasteiger partial charge on any atom is 0.394 e. The molecule has 52 heavy (non-hydrogen) atoms. The van der Waals surface area contributed by atoms with Crippen molar-refractivity contribution >= 4 is 47.5 Å². The highest BCUT2D eigenvalue weighted by atomic mass is 35.5. The summed E-state index contributed by atoms with van der Waals surface area (Å²) in [6, 6.07) is 4.50. The van der Waals surface area contributed by atoms with Crippen molar-refractivity contribution in [2.45, 2.75) is 88.4 Å². The number of aromatic nitrogens is 3. The molecule has 3 aliphatic rings. The number of halogens is 4. The maximum atomic E-state index is 13.2. The van der Waals surface area contributed by atoms with Crippen molar-refractivity contribution in [1.29, 1.82) is 5.53 Å². The zero-order valence-electron chi connectivity index (χ0n) is 28.9. The van der Waals surface area contributed by atoms with E-state index in [1.807, 2.05) is 18.7 Å². The van der Waals surface area contributed by atoms with E-state index in [-0.39, 0.29) is 66.2 Å². The highest BCUT2D eigenvalue weighted by molar-refractivity contribution is 7.98. The van der Waals surface area contributed by atoms with Gasteiger partial charge in [0.2, 0.25) is 12.3 Å². The fourth-order valence-corrected chi connectivity index (χ4v) is 7.61. The van der Waals surface area contributed by atoms with Gasteiger partial charge >= 0.3 is 6.18 Å². The fraction of sp³-hybridized carbons (Fsp3) is 0.625. The van der Waals surface area contributed by atoms with Crippen LogP contribution < -0.4 is 15.3 Å². The summed E-state index contributed by atoms with van der Waals surface area (Å²) in [5, 5.41) is 21.6. The van der Waals surface area contributed by atoms with Crippen LogP contribution in [0.15, 0.2) is 39.6 Å². The SMILES string of the molecule is CC1(C)CC(CCCN(C/C(N=N)=N/N)C2=NC(SNC(=O)c3ccc(-n4ccc(OCCC5(C(F)(F)F)CC5)n4)nc3Cl)CC[C@@H]2O)CN1C=O. The smallest absolute Gasteiger partial charge is 0.394 e. The van der Waals surface area contributed by atoms with Gasteiger partial charge in [0.05, 0.1) is 24.1 Å². The minimum absolute atomic E-state index is 0.0592. The number of nitrogens with zero attached hydrogens (tertiary/aromatic N) is 8. The van der Waals surface area contributed by atoms with Crippen LogP contribution in [-0.2, 0) is 4.79 Å². The summed E-state index contributed by atoms with van der Waals surface area (Å²) in [5.41, 5.74) is 5.66. The minimum atomic E-state index is -4.25. The molecule has 5 N–H and O–H groups in total. The van der Waals surface area contributed by atoms with Gasteiger partial charge in [0.25, 0.3) is 5.91 Å². The Hall–Kier alpha value is -3.97. The number of amides is 2. The molecule has 2 aromatic rings. The second-order valence-corrected chi connectivity index (χ2v) is 15.3. The number of hydrazone groups is 1. The largest absolute Gasteiger partial charge is 0.477 e. The van der Waals surface area contributed by atoms with Crippen LogP contribution in [0.3, 0.4) is 0 Å². The maximum absolute atomic E-state index is 13.2. The molecule has 1 saturated carbocycles. The molecule has 2 aliphatic heterocycles. The van der Waals surface area contributed by atoms with Gasteiger partial charge in [-0.1, -0.05) is 11.6 Å². The topological polar surface area (TPSA) is 200 Å². The average molecular weight is 770 g/mol. The highest BCUT2D eigenvalue weighted by Crippen LogP contribution is 2.59. The number of carbonyl (C=O) groups is 2. The number of likely N-dealkylation sites (tertiary alicyclic amines) is 1. The van der Waals surface area contributed by atoms with Gasteiger partial charge in [-0.25, -0.2) is 15.2 Å². The van der Waals surface area contributed by atoms with Crippen LogP contribution in [0.1, 0.15) is 75.6 Å². The van der Waals surface area contributed by atoms with E-state index in [0.717, 1.165) is 37.6 Å². The summed E-state index contributed by atoms with van der Waals surface area (Å²) in [4.78, 5) is 37.2. The number of nitrogens with one attached hydrogen (secondary N) is 2. The molecule has 0 spiro atoms. The minimum Gasteiger partial charge on any atom is -0.477 e. The van der Waals surface area contributed by atoms with E-state index < -0.39 is 29.0 Å². The molecule has 0 bridgehead atoms. The number of rotatable bonds is 15. The molecular formula is C32H43ClF3N11O4S. The number of aliphatic hydroxyl groups excluding tert-OH is 1. The molecule has 3 atom stereocenters. The predicted octanol–water partition coefficient (Wildman–Crippen LogP) is 4.93. The fourth-order valence-electron chi connectivity index (χ4n) is 6.61. The third kappa shape index (κ3) is 9.33. The summed E-state index contributed by atoms with van der Waals surface area (Å²) < 4.78 is 49.1. The van der Waals surface area contributed by atoms with Crippen molar-refractivity contribution in [1.82, 2.24) is 29.3 Å². The van der Waals surface area contributed by atoms with E-state index in [1.165, 1.54) is 29.1 Å². The summed E-state index contributed by atoms with van der Waals surface area (Å²) in [6.07, 6.45) is 0.617. The summed E-state index contributed by atoms with van der Waals surface area (Å²) >= 11 is 7.44. The molecule has 2 aromatic heterocycles. The van der Waals surface area contributed by atoms with Gasteiger partial charge in [-0.15, -0.1) is 10.2 Å². The van der Waals surface area contributed by atoms with E-state index in [4.69, 9.17) is 32.7 Å². The lowest BCUT2D eigenvalue weighted by molar-refractivity contribution is -0.190. The van der Waals surface area contributed by atoms with Gasteiger partial charge in [-0.2, -0.15) is 18.3 Å². The molecule has 284 valence electrons. The van der Waals surface area contributed by atoms with E-state index >= 15 is 0 Å². The molecule has 0 radical (unpaired) electrons. The first-order valence-electron chi connectivity index (χ1n) is 16.9. The standard InChI is InChI=1S/C32H43ClF3N11O4S/c1-30(2)16-20(17-46(30)19-48)4-3-13-45(18-23(41-37)42-38)28-22(49)6-8-26(40-28)52-44-29(50)21-5-7-24(39-27(21)33)47-14-9-25(43-47)51-15-12-31(10-11-31)32(34,35)36/h5,7,9,14,19-20,22,26,37,49H,3-4,6,8,10-13,15-18,38H2,1-2H3,(H,44,50)/b41-37?,42-23-/t20?,22-,26?/m0/s1. The number of amidine groups is 2. The Morgan fingerprint density at radius 2 is 2.08 bits per heavy atom. The van der Waals surface area contributed by atoms with Crippen LogP contribution in [0.5, 0.6) is 5.88 Å². The molecule has 20 heteroatoms. The average Bonchev–Trinajstić information content (AvgIpc) is 3.66. The van der Waals surface area contributed by atoms with Crippen molar-refractivity contribution in [2.75, 3.05) is 26.2 Å². The Kier molecular flexibility index (Phi) is 12.4. The molecule has 5 rings (SSSR count). The van der Waals surface area contributed by atoms with Crippen LogP contribution in [0.4, 0.5) is 13.2 Å². The molecule has 1 saturated heterocycles. The first kappa shape index (κ1) is 39.2. The molecule has 2 unspecified atom stereocenters. The molecule has 1 aliphatic carbocycles. The lowest BCUT2D eigenvalue weighted by Gasteiger charge is -2.33. The molecule has 15 nitrogen and oxygen atoms in total. The first-order chi connectivity index (χ1) is 24.7. The molecule has 0 aromatic carbocycles. The van der Waals surface area contributed by atoms with Gasteiger partial charge in [-0.05, 0) is 95.2 Å². The Labute approximate surface area is 308 Å². The zero-order valence-corrected chi connectivity index (χ0v) is 30.4. The monoisotopic (exact) mass is 769 g/mol. The third-order valence-electron chi connectivity index (χ3n) is 9.84. The van der Waals surface area contributed by atoms with Gasteiger partial charge in [0.15, 0.2) is 11.7 Å². The van der Waals surface area contributed by atoms with Crippen LogP contribution in [0.25, 0.3) is 5.82 Å². The summed E-state index contributed by atoms with van der Waals surface area (Å²) in [5.74, 6) is 6.09. The Bertz CT molecular complexity index is 1670.